The van der Waals surface area contributed by atoms with E-state index in [9.17, 15) is 14.4 Å². The summed E-state index contributed by atoms with van der Waals surface area (Å²) in [5, 5.41) is 16.5. The van der Waals surface area contributed by atoms with Gasteiger partial charge < -0.3 is 31.2 Å². The molecule has 0 radical (unpaired) electrons. The molecule has 4 aliphatic carbocycles. The number of aromatic nitrogens is 1. The zero-order valence-electron chi connectivity index (χ0n) is 32.8. The number of carbonyl (C=O) groups is 2. The maximum absolute atomic E-state index is 13.7. The van der Waals surface area contributed by atoms with Crippen molar-refractivity contribution in [3.63, 3.8) is 0 Å². The molecule has 1 atom stereocenters. The number of quaternary nitrogens is 1. The molecule has 2 aromatic rings. The molecule has 54 heavy (non-hydrogen) atoms. The molecule has 1 aromatic carbocycles. The van der Waals surface area contributed by atoms with Gasteiger partial charge in [-0.05, 0) is 131 Å². The Morgan fingerprint density at radius 2 is 1.74 bits per heavy atom. The molecule has 1 unspecified atom stereocenters. The van der Waals surface area contributed by atoms with Crippen LogP contribution in [0.2, 0.25) is 0 Å². The molecule has 5 fully saturated rings. The number of pyridine rings is 1. The molecule has 6 aliphatic rings. The highest BCUT2D eigenvalue weighted by Gasteiger charge is 2.51. The molecule has 11 nitrogen and oxygen atoms in total. The molecule has 6 N–H and O–H groups in total. The standard InChI is InChI=1S/C43H60N8O3/c1-27(2)48-38-19-34(18-35(36(38)24-44)41(53)47-26-37-28(3)14-29(4)49-42(37)54)33-6-7-39(46-25-33)51-12-10-50(11-13-51)9-5-8-45-40(52)23-43-20-30-15-31(21-43)17-32(16-30)22-43/h6,14,18-19,24-25,27,30-32,39,44,48H,5,7-13,15-17,20-23,26H2,1-4H3,(H,45,52)(H,47,53)(H,49,54)/p+1. The SMILES string of the molecule is Cc1cc(C)c(CNC(=O)c2cc(C3=CCC(N4CCN(CCCNC(=O)CC56CC7CC(CC(C7)C5)C6)CC4)N=C3)cc([NH2+]C(C)C)c2C=N)c(=O)[nH]1. The highest BCUT2D eigenvalue weighted by atomic mass is 16.2. The van der Waals surface area contributed by atoms with Crippen molar-refractivity contribution in [1.29, 1.82) is 5.41 Å². The van der Waals surface area contributed by atoms with Crippen molar-refractivity contribution in [2.75, 3.05) is 39.3 Å². The molecule has 1 aromatic heterocycles. The quantitative estimate of drug-likeness (QED) is 0.111. The van der Waals surface area contributed by atoms with E-state index >= 15 is 0 Å². The van der Waals surface area contributed by atoms with E-state index < -0.39 is 0 Å². The first-order valence-corrected chi connectivity index (χ1v) is 20.5. The van der Waals surface area contributed by atoms with E-state index in [-0.39, 0.29) is 36.1 Å². The van der Waals surface area contributed by atoms with Gasteiger partial charge in [0.25, 0.3) is 11.5 Å². The number of amides is 2. The Kier molecular flexibility index (Phi) is 11.7. The fraction of sp³-hybridized carbons (Fsp3) is 0.605. The van der Waals surface area contributed by atoms with Crippen LogP contribution >= 0.6 is 0 Å². The van der Waals surface area contributed by atoms with E-state index in [4.69, 9.17) is 10.4 Å². The number of nitrogens with one attached hydrogen (secondary N) is 4. The van der Waals surface area contributed by atoms with Gasteiger partial charge in [0.05, 0.1) is 17.2 Å². The van der Waals surface area contributed by atoms with Crippen LogP contribution in [0.15, 0.2) is 34.1 Å². The van der Waals surface area contributed by atoms with Crippen LogP contribution in [-0.2, 0) is 11.3 Å². The number of H-pyrrole nitrogens is 1. The lowest BCUT2D eigenvalue weighted by molar-refractivity contribution is -0.603. The lowest BCUT2D eigenvalue weighted by Crippen LogP contribution is -2.83. The van der Waals surface area contributed by atoms with Gasteiger partial charge in [0.15, 0.2) is 0 Å². The lowest BCUT2D eigenvalue weighted by Gasteiger charge is -2.56. The molecule has 8 rings (SSSR count). The maximum atomic E-state index is 13.7. The first kappa shape index (κ1) is 38.3. The Morgan fingerprint density at radius 1 is 1.04 bits per heavy atom. The van der Waals surface area contributed by atoms with Crippen LogP contribution < -0.4 is 21.5 Å². The van der Waals surface area contributed by atoms with Crippen molar-refractivity contribution in [2.24, 2.45) is 28.2 Å². The molecule has 4 bridgehead atoms. The van der Waals surface area contributed by atoms with Crippen LogP contribution in [0.4, 0.5) is 5.69 Å². The zero-order valence-corrected chi connectivity index (χ0v) is 32.8. The average Bonchev–Trinajstić information content (AvgIpc) is 3.12. The number of piperazine rings is 1. The first-order chi connectivity index (χ1) is 26.0. The monoisotopic (exact) mass is 737 g/mol. The minimum Gasteiger partial charge on any atom is -0.356 e. The van der Waals surface area contributed by atoms with E-state index in [0.717, 1.165) is 104 Å². The highest BCUT2D eigenvalue weighted by Crippen LogP contribution is 2.61. The third-order valence-corrected chi connectivity index (χ3v) is 12.8. The van der Waals surface area contributed by atoms with Crippen molar-refractivity contribution < 1.29 is 14.9 Å². The summed E-state index contributed by atoms with van der Waals surface area (Å²) >= 11 is 0. The third-order valence-electron chi connectivity index (χ3n) is 12.8. The summed E-state index contributed by atoms with van der Waals surface area (Å²) in [5.41, 5.74) is 5.88. The van der Waals surface area contributed by atoms with E-state index in [1.165, 1.54) is 44.7 Å². The smallest absolute Gasteiger partial charge is 0.253 e. The number of hydrogen-bond donors (Lipinski definition) is 5. The molecule has 2 amide bonds. The largest absolute Gasteiger partial charge is 0.356 e. The van der Waals surface area contributed by atoms with Crippen LogP contribution in [0.25, 0.3) is 5.57 Å². The van der Waals surface area contributed by atoms with Crippen LogP contribution in [0.5, 0.6) is 0 Å². The Balaban J connectivity index is 0.898. The molecule has 3 heterocycles. The molecule has 4 saturated carbocycles. The number of nitrogens with zero attached hydrogens (tertiary/aromatic N) is 3. The number of aryl methyl sites for hydroxylation is 2. The van der Waals surface area contributed by atoms with Gasteiger partial charge in [-0.25, -0.2) is 0 Å². The number of aromatic amines is 1. The summed E-state index contributed by atoms with van der Waals surface area (Å²) in [6.45, 7) is 13.6. The second-order valence-corrected chi connectivity index (χ2v) is 17.5. The molecular weight excluding hydrogens is 677 g/mol. The summed E-state index contributed by atoms with van der Waals surface area (Å²) in [4.78, 5) is 52.0. The van der Waals surface area contributed by atoms with Gasteiger partial charge in [0, 0.05) is 81.9 Å². The Morgan fingerprint density at radius 3 is 2.35 bits per heavy atom. The summed E-state index contributed by atoms with van der Waals surface area (Å²) in [7, 11) is 0. The second-order valence-electron chi connectivity index (χ2n) is 17.5. The number of allylic oxidation sites excluding steroid dienone is 1. The average molecular weight is 738 g/mol. The van der Waals surface area contributed by atoms with Crippen LogP contribution in [0, 0.1) is 42.4 Å². The van der Waals surface area contributed by atoms with Crippen molar-refractivity contribution in [2.45, 2.75) is 104 Å². The summed E-state index contributed by atoms with van der Waals surface area (Å²) < 4.78 is 0. The normalized spacial score (nSPS) is 26.6. The number of dihydropyridines is 1. The fourth-order valence-corrected chi connectivity index (χ4v) is 10.7. The molecule has 290 valence electrons. The topological polar surface area (TPSA) is 150 Å². The fourth-order valence-electron chi connectivity index (χ4n) is 10.7. The third kappa shape index (κ3) is 8.79. The van der Waals surface area contributed by atoms with Crippen molar-refractivity contribution in [3.05, 3.63) is 68.1 Å². The van der Waals surface area contributed by atoms with Gasteiger partial charge in [0.2, 0.25) is 5.91 Å². The Hall–Kier alpha value is -3.93. The van der Waals surface area contributed by atoms with Crippen LogP contribution in [-0.4, -0.2) is 90.5 Å². The predicted molar refractivity (Wildman–Crippen MR) is 214 cm³/mol. The number of benzene rings is 1. The number of nitrogens with two attached hydrogens (primary N) is 1. The van der Waals surface area contributed by atoms with Crippen LogP contribution in [0.3, 0.4) is 0 Å². The van der Waals surface area contributed by atoms with E-state index in [0.29, 0.717) is 22.1 Å². The van der Waals surface area contributed by atoms with E-state index in [2.05, 4.69) is 56.7 Å². The minimum atomic E-state index is -0.322. The first-order valence-electron chi connectivity index (χ1n) is 20.5. The van der Waals surface area contributed by atoms with Gasteiger partial charge in [-0.3, -0.25) is 24.3 Å². The van der Waals surface area contributed by atoms with Gasteiger partial charge in [-0.2, -0.15) is 0 Å². The Bertz CT molecular complexity index is 1820. The maximum Gasteiger partial charge on any atom is 0.253 e. The van der Waals surface area contributed by atoms with Gasteiger partial charge in [-0.1, -0.05) is 6.08 Å². The molecule has 11 heteroatoms. The van der Waals surface area contributed by atoms with Crippen molar-refractivity contribution in [3.8, 4) is 0 Å². The lowest BCUT2D eigenvalue weighted by atomic mass is 9.49. The van der Waals surface area contributed by atoms with Crippen LogP contribution in [0.1, 0.15) is 110 Å². The molecule has 1 saturated heterocycles. The predicted octanol–water partition coefficient (Wildman–Crippen LogP) is 4.44. The molecule has 0 spiro atoms. The summed E-state index contributed by atoms with van der Waals surface area (Å²) in [6.07, 6.45) is 16.1. The Labute approximate surface area is 320 Å². The molecular formula is C43H61N8O3+. The van der Waals surface area contributed by atoms with Crippen molar-refractivity contribution >= 4 is 35.5 Å². The van der Waals surface area contributed by atoms with Gasteiger partial charge >= 0.3 is 0 Å². The number of carbonyl (C=O) groups excluding carboxylic acids is 2. The van der Waals surface area contributed by atoms with E-state index in [1.807, 2.05) is 32.2 Å². The minimum absolute atomic E-state index is 0.0842. The summed E-state index contributed by atoms with van der Waals surface area (Å²) in [5.74, 6) is 2.61. The van der Waals surface area contributed by atoms with Crippen molar-refractivity contribution in [1.82, 2.24) is 25.4 Å². The zero-order chi connectivity index (χ0) is 38.0. The van der Waals surface area contributed by atoms with Gasteiger partial charge in [-0.15, -0.1) is 0 Å². The highest BCUT2D eigenvalue weighted by molar-refractivity contribution is 6.13. The van der Waals surface area contributed by atoms with E-state index in [1.54, 1.807) is 0 Å². The number of hydrogen-bond acceptors (Lipinski definition) is 7. The number of rotatable bonds is 14. The summed E-state index contributed by atoms with van der Waals surface area (Å²) in [6, 6.07) is 6.02. The number of aliphatic imine (C=N–C) groups is 1. The van der Waals surface area contributed by atoms with Gasteiger partial charge in [0.1, 0.15) is 11.9 Å². The molecule has 2 aliphatic heterocycles. The second kappa shape index (κ2) is 16.4.